The molecule has 0 radical (unpaired) electrons. The van der Waals surface area contributed by atoms with Crippen LogP contribution in [0.1, 0.15) is 26.3 Å². The van der Waals surface area contributed by atoms with E-state index in [-0.39, 0.29) is 17.2 Å². The van der Waals surface area contributed by atoms with Gasteiger partial charge >= 0.3 is 0 Å². The van der Waals surface area contributed by atoms with Gasteiger partial charge in [0.25, 0.3) is 0 Å². The zero-order chi connectivity index (χ0) is 12.6. The predicted molar refractivity (Wildman–Crippen MR) is 69.1 cm³/mol. The van der Waals surface area contributed by atoms with Crippen LogP contribution in [0, 0.1) is 11.3 Å². The van der Waals surface area contributed by atoms with Crippen molar-refractivity contribution in [1.82, 2.24) is 4.90 Å². The summed E-state index contributed by atoms with van der Waals surface area (Å²) in [5.41, 5.74) is 1.94. The second kappa shape index (κ2) is 4.02. The van der Waals surface area contributed by atoms with Crippen molar-refractivity contribution in [1.29, 1.82) is 0 Å². The predicted octanol–water partition coefficient (Wildman–Crippen LogP) is 3.20. The van der Waals surface area contributed by atoms with Gasteiger partial charge < -0.3 is 4.90 Å². The van der Waals surface area contributed by atoms with Crippen molar-refractivity contribution >= 4 is 5.91 Å². The lowest BCUT2D eigenvalue weighted by Gasteiger charge is -2.24. The summed E-state index contributed by atoms with van der Waals surface area (Å²) in [4.78, 5) is 14.0. The number of nitrogens with zero attached hydrogens (tertiary/aromatic N) is 1. The minimum atomic E-state index is -0.133. The van der Waals surface area contributed by atoms with E-state index in [9.17, 15) is 4.79 Å². The molecule has 1 aliphatic heterocycles. The molecule has 2 rings (SSSR count). The van der Waals surface area contributed by atoms with Crippen molar-refractivity contribution in [3.8, 4) is 0 Å². The van der Waals surface area contributed by atoms with Gasteiger partial charge in [0.05, 0.1) is 6.54 Å². The number of allylic oxidation sites excluding steroid dienone is 1. The Labute approximate surface area is 103 Å². The van der Waals surface area contributed by atoms with Crippen LogP contribution < -0.4 is 0 Å². The van der Waals surface area contributed by atoms with Gasteiger partial charge in [-0.05, 0) is 5.56 Å². The summed E-state index contributed by atoms with van der Waals surface area (Å²) in [6.07, 6.45) is 0. The van der Waals surface area contributed by atoms with Gasteiger partial charge in [-0.3, -0.25) is 4.79 Å². The van der Waals surface area contributed by atoms with Crippen molar-refractivity contribution < 1.29 is 4.79 Å². The minimum absolute atomic E-state index is 0.0127. The van der Waals surface area contributed by atoms with E-state index in [0.29, 0.717) is 6.54 Å². The topological polar surface area (TPSA) is 20.3 Å². The van der Waals surface area contributed by atoms with Crippen molar-refractivity contribution in [3.63, 3.8) is 0 Å². The monoisotopic (exact) mass is 229 g/mol. The smallest absolute Gasteiger partial charge is 0.230 e. The Morgan fingerprint density at radius 3 is 2.35 bits per heavy atom. The highest BCUT2D eigenvalue weighted by Gasteiger charge is 2.46. The van der Waals surface area contributed by atoms with E-state index in [1.54, 1.807) is 0 Å². The van der Waals surface area contributed by atoms with Gasteiger partial charge in [-0.2, -0.15) is 0 Å². The zero-order valence-electron chi connectivity index (χ0n) is 10.7. The highest BCUT2D eigenvalue weighted by molar-refractivity contribution is 5.85. The third-order valence-electron chi connectivity index (χ3n) is 3.97. The molecule has 1 atom stereocenters. The standard InChI is InChI=1S/C15H19NO/c1-11-14(17)16(12(2)15(11,3)4)10-13-8-6-5-7-9-13/h5-9,11H,2,10H2,1,3-4H3. The van der Waals surface area contributed by atoms with E-state index < -0.39 is 0 Å². The van der Waals surface area contributed by atoms with E-state index in [2.05, 4.69) is 20.4 Å². The van der Waals surface area contributed by atoms with Crippen LogP contribution in [-0.4, -0.2) is 10.8 Å². The Bertz CT molecular complexity index is 447. The maximum Gasteiger partial charge on any atom is 0.230 e. The maximum atomic E-state index is 12.2. The molecule has 0 aliphatic carbocycles. The lowest BCUT2D eigenvalue weighted by atomic mass is 9.81. The highest BCUT2D eigenvalue weighted by Crippen LogP contribution is 2.44. The average Bonchev–Trinajstić information content (AvgIpc) is 2.46. The first kappa shape index (κ1) is 11.9. The molecule has 0 aromatic heterocycles. The summed E-state index contributed by atoms with van der Waals surface area (Å²) in [6.45, 7) is 10.9. The molecule has 1 aliphatic rings. The Kier molecular flexibility index (Phi) is 2.82. The van der Waals surface area contributed by atoms with Gasteiger partial charge in [0.15, 0.2) is 0 Å². The molecule has 1 fully saturated rings. The first-order chi connectivity index (χ1) is 7.94. The zero-order valence-corrected chi connectivity index (χ0v) is 10.7. The number of carbonyl (C=O) groups is 1. The first-order valence-corrected chi connectivity index (χ1v) is 5.99. The molecule has 2 nitrogen and oxygen atoms in total. The Morgan fingerprint density at radius 2 is 1.88 bits per heavy atom. The van der Waals surface area contributed by atoms with Crippen molar-refractivity contribution in [3.05, 3.63) is 48.2 Å². The summed E-state index contributed by atoms with van der Waals surface area (Å²) >= 11 is 0. The second-order valence-corrected chi connectivity index (χ2v) is 5.30. The molecular formula is C15H19NO. The molecule has 17 heavy (non-hydrogen) atoms. The Hall–Kier alpha value is -1.57. The lowest BCUT2D eigenvalue weighted by Crippen LogP contribution is -2.24. The van der Waals surface area contributed by atoms with Crippen molar-refractivity contribution in [2.45, 2.75) is 27.3 Å². The van der Waals surface area contributed by atoms with Crippen LogP contribution in [0.5, 0.6) is 0 Å². The van der Waals surface area contributed by atoms with E-state index in [1.807, 2.05) is 42.2 Å². The van der Waals surface area contributed by atoms with Gasteiger partial charge in [0.1, 0.15) is 0 Å². The highest BCUT2D eigenvalue weighted by atomic mass is 16.2. The molecule has 1 heterocycles. The number of amides is 1. The van der Waals surface area contributed by atoms with Crippen LogP contribution in [0.3, 0.4) is 0 Å². The van der Waals surface area contributed by atoms with E-state index in [1.165, 1.54) is 0 Å². The van der Waals surface area contributed by atoms with E-state index in [0.717, 1.165) is 11.3 Å². The molecule has 1 aromatic carbocycles. The largest absolute Gasteiger partial charge is 0.312 e. The molecule has 1 amide bonds. The molecule has 90 valence electrons. The van der Waals surface area contributed by atoms with Crippen LogP contribution in [-0.2, 0) is 11.3 Å². The number of rotatable bonds is 2. The second-order valence-electron chi connectivity index (χ2n) is 5.30. The number of hydrogen-bond donors (Lipinski definition) is 0. The van der Waals surface area contributed by atoms with Crippen LogP contribution in [0.25, 0.3) is 0 Å². The SMILES string of the molecule is C=C1N(Cc2ccccc2)C(=O)C(C)C1(C)C. The molecular weight excluding hydrogens is 210 g/mol. The Balaban J connectivity index is 2.24. The van der Waals surface area contributed by atoms with Crippen LogP contribution >= 0.6 is 0 Å². The minimum Gasteiger partial charge on any atom is -0.312 e. The van der Waals surface area contributed by atoms with Crippen LogP contribution in [0.4, 0.5) is 0 Å². The third-order valence-corrected chi connectivity index (χ3v) is 3.97. The van der Waals surface area contributed by atoms with Gasteiger partial charge in [-0.1, -0.05) is 57.7 Å². The maximum absolute atomic E-state index is 12.2. The lowest BCUT2D eigenvalue weighted by molar-refractivity contribution is -0.130. The summed E-state index contributed by atoms with van der Waals surface area (Å²) in [5.74, 6) is 0.197. The molecule has 0 bridgehead atoms. The molecule has 1 unspecified atom stereocenters. The quantitative estimate of drug-likeness (QED) is 0.762. The summed E-state index contributed by atoms with van der Waals surface area (Å²) in [6, 6.07) is 10.0. The average molecular weight is 229 g/mol. The summed E-state index contributed by atoms with van der Waals surface area (Å²) in [5, 5.41) is 0. The van der Waals surface area contributed by atoms with Crippen molar-refractivity contribution in [2.75, 3.05) is 0 Å². The fraction of sp³-hybridized carbons (Fsp3) is 0.400. The fourth-order valence-corrected chi connectivity index (χ4v) is 2.21. The number of hydrogen-bond acceptors (Lipinski definition) is 1. The fourth-order valence-electron chi connectivity index (χ4n) is 2.21. The number of likely N-dealkylation sites (tertiary alicyclic amines) is 1. The molecule has 1 aromatic rings. The van der Waals surface area contributed by atoms with Crippen molar-refractivity contribution in [2.24, 2.45) is 11.3 Å². The summed E-state index contributed by atoms with van der Waals surface area (Å²) in [7, 11) is 0. The van der Waals surface area contributed by atoms with Crippen LogP contribution in [0.15, 0.2) is 42.6 Å². The van der Waals surface area contributed by atoms with E-state index >= 15 is 0 Å². The molecule has 0 N–H and O–H groups in total. The third kappa shape index (κ3) is 1.88. The molecule has 0 spiro atoms. The molecule has 2 heteroatoms. The van der Waals surface area contributed by atoms with Gasteiger partial charge in [0, 0.05) is 17.0 Å². The summed E-state index contributed by atoms with van der Waals surface area (Å²) < 4.78 is 0. The van der Waals surface area contributed by atoms with Gasteiger partial charge in [-0.25, -0.2) is 0 Å². The number of carbonyl (C=O) groups excluding carboxylic acids is 1. The van der Waals surface area contributed by atoms with Gasteiger partial charge in [0.2, 0.25) is 5.91 Å². The number of benzene rings is 1. The first-order valence-electron chi connectivity index (χ1n) is 5.99. The van der Waals surface area contributed by atoms with Gasteiger partial charge in [-0.15, -0.1) is 0 Å². The molecule has 1 saturated heterocycles. The molecule has 0 saturated carbocycles. The van der Waals surface area contributed by atoms with E-state index in [4.69, 9.17) is 0 Å². The normalized spacial score (nSPS) is 23.2. The Morgan fingerprint density at radius 1 is 1.29 bits per heavy atom. The van der Waals surface area contributed by atoms with Crippen LogP contribution in [0.2, 0.25) is 0 Å².